The molecule has 0 bridgehead atoms. The molecule has 48 heteroatoms. The Labute approximate surface area is 675 Å². The van der Waals surface area contributed by atoms with Crippen LogP contribution < -0.4 is 75.2 Å². The molecule has 0 spiro atoms. The van der Waals surface area contributed by atoms with E-state index >= 15 is 0 Å². The molecule has 12 amide bonds. The van der Waals surface area contributed by atoms with E-state index in [4.69, 9.17) is 19.9 Å². The molecule has 10 aromatic rings. The lowest BCUT2D eigenvalue weighted by Crippen LogP contribution is -2.50. The number of amides is 12. The highest BCUT2D eigenvalue weighted by Gasteiger charge is 2.27. The molecule has 10 rings (SSSR count). The number of nitrogens with zero attached hydrogens (tertiary/aromatic N) is 15. The molecule has 0 saturated heterocycles. The first-order valence-electron chi connectivity index (χ1n) is 35.8. The van der Waals surface area contributed by atoms with E-state index in [0.29, 0.717) is 37.4 Å². The predicted molar refractivity (Wildman–Crippen MR) is 419 cm³/mol. The fourth-order valence-corrected chi connectivity index (χ4v) is 12.7. The minimum Gasteiger partial charge on any atom is -0.444 e. The van der Waals surface area contributed by atoms with Crippen molar-refractivity contribution in [1.29, 1.82) is 0 Å². The van der Waals surface area contributed by atoms with Gasteiger partial charge in [-0.05, 0) is 50.4 Å². The Balaban J connectivity index is 0.846. The number of carbonyl (C=O) groups is 12. The van der Waals surface area contributed by atoms with Crippen LogP contribution in [0.25, 0.3) is 22.3 Å². The van der Waals surface area contributed by atoms with Gasteiger partial charge in [0.25, 0.3) is 11.1 Å². The Morgan fingerprint density at radius 3 is 1.41 bits per heavy atom. The van der Waals surface area contributed by atoms with Crippen molar-refractivity contribution in [2.24, 2.45) is 5.73 Å². The molecule has 0 saturated carbocycles. The quantitative estimate of drug-likeness (QED) is 0.0135. The van der Waals surface area contributed by atoms with E-state index < -0.39 is 215 Å². The summed E-state index contributed by atoms with van der Waals surface area (Å²) in [6, 6.07) is 27.2. The molecule has 622 valence electrons. The first-order valence-corrected chi connectivity index (χ1v) is 37.9. The normalized spacial score (nSPS) is 10.9. The summed E-state index contributed by atoms with van der Waals surface area (Å²) in [6.45, 7) is -9.18. The number of H-pyrrole nitrogens is 2. The van der Waals surface area contributed by atoms with Gasteiger partial charge in [0.15, 0.2) is 28.1 Å². The van der Waals surface area contributed by atoms with Crippen LogP contribution in [0.15, 0.2) is 157 Å². The lowest BCUT2D eigenvalue weighted by atomic mass is 10.2. The van der Waals surface area contributed by atoms with Crippen molar-refractivity contribution in [2.45, 2.75) is 59.5 Å². The van der Waals surface area contributed by atoms with Gasteiger partial charge in [0.2, 0.25) is 59.1 Å². The van der Waals surface area contributed by atoms with Crippen LogP contribution in [0.2, 0.25) is 0 Å². The van der Waals surface area contributed by atoms with E-state index in [1.165, 1.54) is 23.9 Å². The first kappa shape index (κ1) is 86.2. The zero-order valence-corrected chi connectivity index (χ0v) is 64.6. The number of imidazole rings is 2. The van der Waals surface area contributed by atoms with Crippen LogP contribution >= 0.6 is 20.7 Å². The Morgan fingerprint density at radius 1 is 0.471 bits per heavy atom. The monoisotopic (exact) mass is 1680 g/mol. The van der Waals surface area contributed by atoms with Gasteiger partial charge in [-0.3, -0.25) is 102 Å². The number of fused-ring (bicyclic) bond motifs is 2. The summed E-state index contributed by atoms with van der Waals surface area (Å²) < 4.78 is 20.7. The summed E-state index contributed by atoms with van der Waals surface area (Å²) in [4.78, 5) is 271. The smallest absolute Gasteiger partial charge is 0.414 e. The highest BCUT2D eigenvalue weighted by atomic mass is 32.9. The number of aromatic amines is 2. The Kier molecular flexibility index (Phi) is 30.2. The molecule has 0 fully saturated rings. The van der Waals surface area contributed by atoms with Gasteiger partial charge >= 0.3 is 39.4 Å². The summed E-state index contributed by atoms with van der Waals surface area (Å²) in [5.41, 5.74) is 3.24. The number of rotatable bonds is 39. The maximum atomic E-state index is 14.6. The van der Waals surface area contributed by atoms with Crippen LogP contribution in [0, 0.1) is 6.92 Å². The third-order valence-corrected chi connectivity index (χ3v) is 18.9. The average Bonchev–Trinajstić information content (AvgIpc) is 1.66. The molecule has 11 N–H and O–H groups in total. The number of nitrogens with two attached hydrogens (primary N) is 1. The van der Waals surface area contributed by atoms with Crippen molar-refractivity contribution >= 4 is 132 Å². The molecule has 0 unspecified atom stereocenters. The molecule has 0 aliphatic heterocycles. The number of nitrogens with one attached hydrogen (secondary N) is 9. The molecule has 46 nitrogen and oxygen atoms in total. The van der Waals surface area contributed by atoms with Crippen LogP contribution in [-0.4, -0.2) is 232 Å². The van der Waals surface area contributed by atoms with Crippen LogP contribution in [0.4, 0.5) is 32.0 Å². The molecule has 3 aromatic carbocycles. The van der Waals surface area contributed by atoms with Gasteiger partial charge in [-0.25, -0.2) is 43.9 Å². The number of carbonyl (C=O) groups excluding carboxylic acids is 12. The standard InChI is InChI=1S/C71H75N25O21S2/c1-43-28-93(66(109)86-62(43)106)34-54(103)90(32-52(101)76-27-47(72)97)24-20-74-50(99)30-89(55(104)35-94-41-79-57-59(77-40-78-60(57)94)83-68(111)116-38-45-13-7-3-8-14-45)23-19-73-49(98)29-88(53(102)33-92-21-17-48(81-65(92)108)82-67(110)115-37-44-11-5-2-6-12-44)22-18-75-51(100)31-91(25-26-96-70(113)118-119-71(96)114)56(105)36-95-42-80-58-61(95)84-64(85-63(58)107)87-69(112)117-39-46-15-9-4-10-16-46/h2-17,21,28,40-42H,18-20,22-27,29-39H2,1H3,(H2,72,97)(H,73,98)(H,74,99)(H,75,100)(H,76,101)(H,86,106,109)(H,77,78,83,111)(H,81,82,108,110)(H2,84,85,87,107,112). The number of hydrogen-bond donors (Lipinski definition) is 10. The number of anilines is 3. The fourth-order valence-electron chi connectivity index (χ4n) is 11.0. The van der Waals surface area contributed by atoms with Gasteiger partial charge in [-0.15, -0.1) is 0 Å². The molecule has 0 aliphatic carbocycles. The van der Waals surface area contributed by atoms with E-state index in [1.54, 1.807) is 91.0 Å². The second-order valence-electron chi connectivity index (χ2n) is 25.6. The average molecular weight is 1680 g/mol. The van der Waals surface area contributed by atoms with Crippen molar-refractivity contribution in [1.82, 2.24) is 104 Å². The van der Waals surface area contributed by atoms with E-state index in [2.05, 4.69) is 77.1 Å². The summed E-state index contributed by atoms with van der Waals surface area (Å²) in [5.74, 6) is -8.75. The lowest BCUT2D eigenvalue weighted by Gasteiger charge is -2.26. The van der Waals surface area contributed by atoms with Crippen LogP contribution in [0.5, 0.6) is 0 Å². The maximum Gasteiger partial charge on any atom is 0.414 e. The van der Waals surface area contributed by atoms with Crippen LogP contribution in [0.1, 0.15) is 22.3 Å². The Hall–Kier alpha value is -15.3. The third-order valence-electron chi connectivity index (χ3n) is 17.0. The summed E-state index contributed by atoms with van der Waals surface area (Å²) in [5, 5.41) is 17.1. The van der Waals surface area contributed by atoms with E-state index in [0.717, 1.165) is 62.9 Å². The summed E-state index contributed by atoms with van der Waals surface area (Å²) in [7, 11) is 1.27. The Bertz CT molecular complexity index is 5760. The minimum atomic E-state index is -1.06. The van der Waals surface area contributed by atoms with Gasteiger partial charge in [0.05, 0.1) is 45.4 Å². The zero-order valence-electron chi connectivity index (χ0n) is 62.9. The van der Waals surface area contributed by atoms with E-state index in [-0.39, 0.29) is 65.3 Å². The molecule has 0 radical (unpaired) electrons. The van der Waals surface area contributed by atoms with Crippen LogP contribution in [0.3, 0.4) is 0 Å². The number of primary amides is 1. The van der Waals surface area contributed by atoms with Gasteiger partial charge in [-0.1, -0.05) is 91.0 Å². The third kappa shape index (κ3) is 25.6. The topological polar surface area (TPSA) is 592 Å². The number of benzene rings is 3. The molecule has 7 heterocycles. The van der Waals surface area contributed by atoms with Gasteiger partial charge in [0.1, 0.15) is 58.1 Å². The summed E-state index contributed by atoms with van der Waals surface area (Å²) >= 11 is 0. The zero-order chi connectivity index (χ0) is 85.1. The van der Waals surface area contributed by atoms with Crippen molar-refractivity contribution in [3.05, 3.63) is 212 Å². The molecule has 0 atom stereocenters. The minimum absolute atomic E-state index is 0.00379. The predicted octanol–water partition coefficient (Wildman–Crippen LogP) is -3.07. The van der Waals surface area contributed by atoms with Crippen LogP contribution in [-0.2, 0) is 110 Å². The second kappa shape index (κ2) is 41.7. The van der Waals surface area contributed by atoms with Crippen molar-refractivity contribution in [2.75, 3.05) is 94.5 Å². The molecular weight excluding hydrogens is 1600 g/mol. The second-order valence-corrected chi connectivity index (χ2v) is 27.6. The SMILES string of the molecule is Cc1cn(CC(=O)N(CCNC(=O)CN(CCNC(=O)CN(CCNC(=O)CN(CCn2c(=O)ssc2=O)C(=O)Cn2cnc3c(=O)[nH]c(NC(=O)OCc4ccccc4)nc32)C(=O)Cn2ccc(NC(=O)OCc3ccccc3)nc2=O)C(=O)Cn2cnc3c(NC(=O)OCc4ccccc4)ncnc32)CC(=O)NCC(N)=O)c(=O)[nH]c1=O. The summed E-state index contributed by atoms with van der Waals surface area (Å²) in [6.07, 6.45) is 2.69. The largest absolute Gasteiger partial charge is 0.444 e. The van der Waals surface area contributed by atoms with Gasteiger partial charge in [-0.2, -0.15) is 9.97 Å². The number of hydrogen-bond acceptors (Lipinski definition) is 29. The van der Waals surface area contributed by atoms with E-state index in [1.807, 2.05) is 0 Å². The van der Waals surface area contributed by atoms with Crippen molar-refractivity contribution in [3.63, 3.8) is 0 Å². The Morgan fingerprint density at radius 2 is 0.916 bits per heavy atom. The molecular formula is C71H75N25O21S2. The number of ether oxygens (including phenoxy) is 3. The number of aryl methyl sites for hydroxylation is 1. The number of aromatic nitrogens is 13. The van der Waals surface area contributed by atoms with Crippen molar-refractivity contribution in [3.8, 4) is 0 Å². The molecule has 7 aromatic heterocycles. The highest BCUT2D eigenvalue weighted by Crippen LogP contribution is 2.19. The maximum absolute atomic E-state index is 14.6. The van der Waals surface area contributed by atoms with E-state index in [9.17, 15) is 86.3 Å². The van der Waals surface area contributed by atoms with Gasteiger partial charge < -0.3 is 69.9 Å². The highest BCUT2D eigenvalue weighted by molar-refractivity contribution is 7.67. The van der Waals surface area contributed by atoms with Crippen molar-refractivity contribution < 1.29 is 71.7 Å². The first-order chi connectivity index (χ1) is 57.2. The molecule has 119 heavy (non-hydrogen) atoms. The fraction of sp³-hybridized carbons (Fsp3) is 0.296. The van der Waals surface area contributed by atoms with Gasteiger partial charge in [0, 0.05) is 70.3 Å². The lowest BCUT2D eigenvalue weighted by molar-refractivity contribution is -0.138. The molecule has 0 aliphatic rings.